The summed E-state index contributed by atoms with van der Waals surface area (Å²) in [4.78, 5) is 0. The predicted molar refractivity (Wildman–Crippen MR) is 77.1 cm³/mol. The zero-order chi connectivity index (χ0) is 13.5. The van der Waals surface area contributed by atoms with Crippen LogP contribution in [-0.2, 0) is 10.0 Å². The van der Waals surface area contributed by atoms with Crippen molar-refractivity contribution in [2.45, 2.75) is 39.3 Å². The first-order chi connectivity index (χ1) is 7.85. The molecule has 1 unspecified atom stereocenters. The Morgan fingerprint density at radius 3 is 2.35 bits per heavy atom. The molecule has 4 nitrogen and oxygen atoms in total. The van der Waals surface area contributed by atoms with Crippen LogP contribution in [0.15, 0.2) is 0 Å². The molecule has 0 aliphatic rings. The van der Waals surface area contributed by atoms with Crippen LogP contribution in [0.4, 0.5) is 0 Å². The van der Waals surface area contributed by atoms with Gasteiger partial charge in [0.1, 0.15) is 0 Å². The first kappa shape index (κ1) is 17.2. The van der Waals surface area contributed by atoms with Gasteiger partial charge in [-0.15, -0.1) is 0 Å². The molecule has 0 amide bonds. The van der Waals surface area contributed by atoms with Crippen molar-refractivity contribution in [2.24, 2.45) is 0 Å². The number of sulfonamides is 1. The minimum atomic E-state index is -3.13. The lowest BCUT2D eigenvalue weighted by atomic mass is 10.3. The van der Waals surface area contributed by atoms with Gasteiger partial charge in [-0.25, -0.2) is 12.7 Å². The van der Waals surface area contributed by atoms with E-state index in [0.717, 1.165) is 12.2 Å². The Kier molecular flexibility index (Phi) is 8.45. The third-order valence-electron chi connectivity index (χ3n) is 2.70. The average molecular weight is 282 g/mol. The normalized spacial score (nSPS) is 14.5. The van der Waals surface area contributed by atoms with Crippen LogP contribution in [0.2, 0.25) is 0 Å². The van der Waals surface area contributed by atoms with Crippen LogP contribution in [0, 0.1) is 0 Å². The van der Waals surface area contributed by atoms with Gasteiger partial charge in [-0.2, -0.15) is 11.8 Å². The van der Waals surface area contributed by atoms with Crippen LogP contribution >= 0.6 is 11.8 Å². The number of thioether (sulfide) groups is 1. The van der Waals surface area contributed by atoms with Gasteiger partial charge in [0.05, 0.1) is 5.75 Å². The molecule has 0 rings (SSSR count). The van der Waals surface area contributed by atoms with Crippen LogP contribution in [0.25, 0.3) is 0 Å². The predicted octanol–water partition coefficient (Wildman–Crippen LogP) is 1.39. The van der Waals surface area contributed by atoms with Gasteiger partial charge in [-0.1, -0.05) is 20.8 Å². The number of hydrogen-bond donors (Lipinski definition) is 1. The van der Waals surface area contributed by atoms with Gasteiger partial charge in [0.2, 0.25) is 10.0 Å². The SMILES string of the molecule is CCC(CSC)N(C)S(=O)(=O)CCNC(C)C. The zero-order valence-electron chi connectivity index (χ0n) is 11.6. The largest absolute Gasteiger partial charge is 0.313 e. The molecule has 0 aromatic carbocycles. The first-order valence-corrected chi connectivity index (χ1v) is 9.03. The maximum atomic E-state index is 12.1. The summed E-state index contributed by atoms with van der Waals surface area (Å²) in [7, 11) is -1.44. The zero-order valence-corrected chi connectivity index (χ0v) is 13.2. The second-order valence-electron chi connectivity index (χ2n) is 4.46. The molecule has 0 bridgehead atoms. The Bertz CT molecular complexity index is 292. The van der Waals surface area contributed by atoms with Crippen molar-refractivity contribution in [2.75, 3.05) is 31.4 Å². The van der Waals surface area contributed by atoms with Gasteiger partial charge >= 0.3 is 0 Å². The molecule has 0 radical (unpaired) electrons. The fourth-order valence-electron chi connectivity index (χ4n) is 1.52. The summed E-state index contributed by atoms with van der Waals surface area (Å²) in [5, 5.41) is 3.13. The lowest BCUT2D eigenvalue weighted by Crippen LogP contribution is -2.42. The second-order valence-corrected chi connectivity index (χ2v) is 7.52. The summed E-state index contributed by atoms with van der Waals surface area (Å²) >= 11 is 1.69. The minimum Gasteiger partial charge on any atom is -0.313 e. The van der Waals surface area contributed by atoms with E-state index in [0.29, 0.717) is 12.6 Å². The molecule has 104 valence electrons. The molecule has 0 aromatic heterocycles. The molecule has 1 N–H and O–H groups in total. The quantitative estimate of drug-likeness (QED) is 0.694. The molecular formula is C11H26N2O2S2. The van der Waals surface area contributed by atoms with Crippen molar-refractivity contribution in [1.82, 2.24) is 9.62 Å². The molecule has 0 heterocycles. The highest BCUT2D eigenvalue weighted by atomic mass is 32.2. The molecule has 0 saturated heterocycles. The fourth-order valence-corrected chi connectivity index (χ4v) is 3.80. The Hall–Kier alpha value is 0.220. The van der Waals surface area contributed by atoms with Crippen molar-refractivity contribution in [3.05, 3.63) is 0 Å². The summed E-state index contributed by atoms with van der Waals surface area (Å²) in [6, 6.07) is 0.428. The van der Waals surface area contributed by atoms with E-state index in [9.17, 15) is 8.42 Å². The highest BCUT2D eigenvalue weighted by Crippen LogP contribution is 2.12. The lowest BCUT2D eigenvalue weighted by molar-refractivity contribution is 0.384. The van der Waals surface area contributed by atoms with Gasteiger partial charge in [-0.05, 0) is 12.7 Å². The van der Waals surface area contributed by atoms with Gasteiger partial charge < -0.3 is 5.32 Å². The second kappa shape index (κ2) is 8.34. The fraction of sp³-hybridized carbons (Fsp3) is 1.00. The van der Waals surface area contributed by atoms with E-state index in [4.69, 9.17) is 0 Å². The first-order valence-electron chi connectivity index (χ1n) is 6.03. The van der Waals surface area contributed by atoms with Crippen LogP contribution in [0.3, 0.4) is 0 Å². The van der Waals surface area contributed by atoms with Crippen LogP contribution in [-0.4, -0.2) is 56.2 Å². The van der Waals surface area contributed by atoms with Crippen molar-refractivity contribution >= 4 is 21.8 Å². The Labute approximate surface area is 111 Å². The molecule has 0 fully saturated rings. The van der Waals surface area contributed by atoms with Crippen LogP contribution in [0.5, 0.6) is 0 Å². The van der Waals surface area contributed by atoms with E-state index in [2.05, 4.69) is 5.32 Å². The monoisotopic (exact) mass is 282 g/mol. The molecule has 0 aliphatic carbocycles. The van der Waals surface area contributed by atoms with Crippen molar-refractivity contribution in [3.63, 3.8) is 0 Å². The summed E-state index contributed by atoms with van der Waals surface area (Å²) in [5.74, 6) is 1.02. The highest BCUT2D eigenvalue weighted by Gasteiger charge is 2.24. The molecule has 0 aliphatic heterocycles. The van der Waals surface area contributed by atoms with E-state index in [-0.39, 0.29) is 11.8 Å². The van der Waals surface area contributed by atoms with Crippen molar-refractivity contribution < 1.29 is 8.42 Å². The number of nitrogens with one attached hydrogen (secondary N) is 1. The van der Waals surface area contributed by atoms with E-state index in [1.165, 1.54) is 4.31 Å². The maximum absolute atomic E-state index is 12.1. The highest BCUT2D eigenvalue weighted by molar-refractivity contribution is 7.98. The van der Waals surface area contributed by atoms with Gasteiger partial charge in [0.15, 0.2) is 0 Å². The number of hydrogen-bond acceptors (Lipinski definition) is 4. The molecule has 0 saturated carbocycles. The lowest BCUT2D eigenvalue weighted by Gasteiger charge is -2.26. The molecule has 17 heavy (non-hydrogen) atoms. The third kappa shape index (κ3) is 6.64. The minimum absolute atomic E-state index is 0.106. The molecular weight excluding hydrogens is 256 g/mol. The summed E-state index contributed by atoms with van der Waals surface area (Å²) in [6.07, 6.45) is 2.86. The summed E-state index contributed by atoms with van der Waals surface area (Å²) in [5.41, 5.74) is 0. The standard InChI is InChI=1S/C11H26N2O2S2/c1-6-11(9-16-5)13(4)17(14,15)8-7-12-10(2)3/h10-12H,6-9H2,1-5H3. The summed E-state index contributed by atoms with van der Waals surface area (Å²) < 4.78 is 25.7. The molecule has 1 atom stereocenters. The van der Waals surface area contributed by atoms with Crippen molar-refractivity contribution in [3.8, 4) is 0 Å². The Balaban J connectivity index is 4.36. The number of rotatable bonds is 9. The van der Waals surface area contributed by atoms with Gasteiger partial charge in [0.25, 0.3) is 0 Å². The third-order valence-corrected chi connectivity index (χ3v) is 5.31. The van der Waals surface area contributed by atoms with E-state index in [1.807, 2.05) is 27.0 Å². The van der Waals surface area contributed by atoms with E-state index < -0.39 is 10.0 Å². The average Bonchev–Trinajstić information content (AvgIpc) is 2.24. The van der Waals surface area contributed by atoms with Crippen molar-refractivity contribution in [1.29, 1.82) is 0 Å². The van der Waals surface area contributed by atoms with E-state index >= 15 is 0 Å². The van der Waals surface area contributed by atoms with Gasteiger partial charge in [-0.3, -0.25) is 0 Å². The maximum Gasteiger partial charge on any atom is 0.215 e. The Morgan fingerprint density at radius 2 is 1.94 bits per heavy atom. The number of nitrogens with zero attached hydrogens (tertiary/aromatic N) is 1. The summed E-state index contributed by atoms with van der Waals surface area (Å²) in [6.45, 7) is 6.57. The smallest absolute Gasteiger partial charge is 0.215 e. The van der Waals surface area contributed by atoms with Crippen LogP contribution < -0.4 is 5.32 Å². The van der Waals surface area contributed by atoms with Crippen LogP contribution in [0.1, 0.15) is 27.2 Å². The van der Waals surface area contributed by atoms with E-state index in [1.54, 1.807) is 18.8 Å². The molecule has 0 spiro atoms. The van der Waals surface area contributed by atoms with Gasteiger partial charge in [0, 0.05) is 31.4 Å². The molecule has 6 heteroatoms. The topological polar surface area (TPSA) is 49.4 Å². The molecule has 0 aromatic rings. The Morgan fingerprint density at radius 1 is 1.35 bits per heavy atom.